The molecule has 0 atom stereocenters. The summed E-state index contributed by atoms with van der Waals surface area (Å²) >= 11 is 0. The highest BCUT2D eigenvalue weighted by Gasteiger charge is 2.18. The molecule has 7 heteroatoms. The Bertz CT molecular complexity index is 751. The maximum absolute atomic E-state index is 12.7. The molecule has 2 N–H and O–H groups in total. The van der Waals surface area contributed by atoms with Gasteiger partial charge in [0.15, 0.2) is 0 Å². The van der Waals surface area contributed by atoms with Crippen LogP contribution < -0.4 is 10.6 Å². The van der Waals surface area contributed by atoms with Crippen LogP contribution >= 0.6 is 0 Å². The van der Waals surface area contributed by atoms with Gasteiger partial charge >= 0.3 is 0 Å². The molecule has 1 aliphatic rings. The smallest absolute Gasteiger partial charge is 0.254 e. The molecule has 26 heavy (non-hydrogen) atoms. The maximum Gasteiger partial charge on any atom is 0.254 e. The lowest BCUT2D eigenvalue weighted by atomic mass is 10.1. The molecule has 7 nitrogen and oxygen atoms in total. The first-order valence-electron chi connectivity index (χ1n) is 8.88. The fraction of sp³-hybridized carbons (Fsp3) is 0.368. The van der Waals surface area contributed by atoms with Crippen molar-refractivity contribution in [2.45, 2.75) is 19.3 Å². The van der Waals surface area contributed by atoms with E-state index in [0.717, 1.165) is 30.8 Å². The second-order valence-corrected chi connectivity index (χ2v) is 6.21. The zero-order valence-electron chi connectivity index (χ0n) is 14.6. The normalized spacial score (nSPS) is 16.2. The third kappa shape index (κ3) is 5.02. The number of nitrogens with zero attached hydrogens (tertiary/aromatic N) is 3. The van der Waals surface area contributed by atoms with Gasteiger partial charge in [-0.1, -0.05) is 6.07 Å². The Balaban J connectivity index is 1.70. The summed E-state index contributed by atoms with van der Waals surface area (Å²) in [5.41, 5.74) is 1.58. The number of carbonyl (C=O) groups is 2. The monoisotopic (exact) mass is 353 g/mol. The zero-order chi connectivity index (χ0) is 18.2. The quantitative estimate of drug-likeness (QED) is 0.811. The first kappa shape index (κ1) is 17.8. The molecule has 0 aromatic carbocycles. The van der Waals surface area contributed by atoms with Gasteiger partial charge in [-0.3, -0.25) is 14.6 Å². The molecule has 1 aliphatic heterocycles. The fourth-order valence-corrected chi connectivity index (χ4v) is 2.88. The van der Waals surface area contributed by atoms with Crippen LogP contribution in [0.1, 0.15) is 28.9 Å². The Labute approximate surface area is 152 Å². The minimum atomic E-state index is -0.159. The third-order valence-electron chi connectivity index (χ3n) is 4.22. The molecule has 0 spiro atoms. The summed E-state index contributed by atoms with van der Waals surface area (Å²) in [6.07, 6.45) is 5.73. The summed E-state index contributed by atoms with van der Waals surface area (Å²) in [6.45, 7) is 1.65. The van der Waals surface area contributed by atoms with E-state index in [4.69, 9.17) is 0 Å². The van der Waals surface area contributed by atoms with E-state index in [1.54, 1.807) is 29.4 Å². The second-order valence-electron chi connectivity index (χ2n) is 6.21. The van der Waals surface area contributed by atoms with Gasteiger partial charge in [-0.2, -0.15) is 0 Å². The highest BCUT2D eigenvalue weighted by atomic mass is 16.2. The number of aryl methyl sites for hydroxylation is 1. The van der Waals surface area contributed by atoms with Crippen molar-refractivity contribution in [3.05, 3.63) is 54.0 Å². The number of hydrogen-bond donors (Lipinski definition) is 2. The SMILES string of the molecule is O=C1CN(C(=O)c2ccncc2)CCCCc2cccc(n2)NCCN1. The lowest BCUT2D eigenvalue weighted by Crippen LogP contribution is -2.42. The number of anilines is 1. The average molecular weight is 353 g/mol. The molecule has 2 aromatic heterocycles. The van der Waals surface area contributed by atoms with Gasteiger partial charge in [0.05, 0.1) is 6.54 Å². The van der Waals surface area contributed by atoms with E-state index in [1.165, 1.54) is 0 Å². The van der Waals surface area contributed by atoms with Crippen molar-refractivity contribution in [2.75, 3.05) is 31.5 Å². The van der Waals surface area contributed by atoms with E-state index in [1.807, 2.05) is 18.2 Å². The van der Waals surface area contributed by atoms with E-state index >= 15 is 0 Å². The Kier molecular flexibility index (Phi) is 6.14. The third-order valence-corrected chi connectivity index (χ3v) is 4.22. The maximum atomic E-state index is 12.7. The van der Waals surface area contributed by atoms with E-state index in [9.17, 15) is 9.59 Å². The summed E-state index contributed by atoms with van der Waals surface area (Å²) in [7, 11) is 0. The zero-order valence-corrected chi connectivity index (χ0v) is 14.6. The molecule has 0 unspecified atom stereocenters. The van der Waals surface area contributed by atoms with Crippen molar-refractivity contribution >= 4 is 17.6 Å². The molecule has 2 bridgehead atoms. The molecule has 3 heterocycles. The first-order valence-corrected chi connectivity index (χ1v) is 8.88. The Morgan fingerprint density at radius 3 is 2.69 bits per heavy atom. The van der Waals surface area contributed by atoms with Gasteiger partial charge in [-0.15, -0.1) is 0 Å². The number of pyridine rings is 2. The van der Waals surface area contributed by atoms with E-state index in [-0.39, 0.29) is 18.4 Å². The van der Waals surface area contributed by atoms with E-state index in [0.29, 0.717) is 25.2 Å². The van der Waals surface area contributed by atoms with Crippen LogP contribution in [-0.2, 0) is 11.2 Å². The molecule has 0 fully saturated rings. The van der Waals surface area contributed by atoms with Crippen LogP contribution in [0.3, 0.4) is 0 Å². The molecule has 3 rings (SSSR count). The fourth-order valence-electron chi connectivity index (χ4n) is 2.88. The van der Waals surface area contributed by atoms with Crippen LogP contribution in [0.2, 0.25) is 0 Å². The predicted octanol–water partition coefficient (Wildman–Crippen LogP) is 1.48. The van der Waals surface area contributed by atoms with Crippen LogP contribution in [0, 0.1) is 0 Å². The van der Waals surface area contributed by atoms with Crippen molar-refractivity contribution < 1.29 is 9.59 Å². The van der Waals surface area contributed by atoms with Gasteiger partial charge in [0, 0.05) is 43.3 Å². The first-order chi connectivity index (χ1) is 12.7. The minimum Gasteiger partial charge on any atom is -0.368 e. The van der Waals surface area contributed by atoms with Gasteiger partial charge in [0.25, 0.3) is 5.91 Å². The summed E-state index contributed by atoms with van der Waals surface area (Å²) in [4.78, 5) is 35.0. The van der Waals surface area contributed by atoms with Gasteiger partial charge < -0.3 is 15.5 Å². The van der Waals surface area contributed by atoms with E-state index in [2.05, 4.69) is 20.6 Å². The highest BCUT2D eigenvalue weighted by Crippen LogP contribution is 2.10. The standard InChI is InChI=1S/C19H23N5O2/c25-18-14-24(19(26)15-7-9-20-10-8-15)13-2-1-4-16-5-3-6-17(23-16)21-11-12-22-18/h3,5-10H,1-2,4,11-14H2,(H,21,23)(H,22,25). The Morgan fingerprint density at radius 2 is 1.85 bits per heavy atom. The number of hydrogen-bond acceptors (Lipinski definition) is 5. The largest absolute Gasteiger partial charge is 0.368 e. The van der Waals surface area contributed by atoms with Crippen LogP contribution in [0.4, 0.5) is 5.82 Å². The summed E-state index contributed by atoms with van der Waals surface area (Å²) in [5, 5.41) is 6.05. The Hall–Kier alpha value is -2.96. The van der Waals surface area contributed by atoms with Crippen LogP contribution in [0.15, 0.2) is 42.7 Å². The topological polar surface area (TPSA) is 87.2 Å². The summed E-state index contributed by atoms with van der Waals surface area (Å²) < 4.78 is 0. The number of fused-ring (bicyclic) bond motifs is 2. The predicted molar refractivity (Wildman–Crippen MR) is 98.8 cm³/mol. The molecule has 0 aliphatic carbocycles. The van der Waals surface area contributed by atoms with Crippen LogP contribution in [-0.4, -0.2) is 52.9 Å². The summed E-state index contributed by atoms with van der Waals surface area (Å²) in [6, 6.07) is 9.26. The summed E-state index contributed by atoms with van der Waals surface area (Å²) in [5.74, 6) is 0.518. The average Bonchev–Trinajstić information content (AvgIpc) is 2.67. The molecule has 136 valence electrons. The van der Waals surface area contributed by atoms with Crippen LogP contribution in [0.25, 0.3) is 0 Å². The number of amides is 2. The molecule has 2 aromatic rings. The van der Waals surface area contributed by atoms with Crippen molar-refractivity contribution in [1.82, 2.24) is 20.2 Å². The number of aromatic nitrogens is 2. The van der Waals surface area contributed by atoms with Gasteiger partial charge in [0.2, 0.25) is 5.91 Å². The molecule has 0 saturated carbocycles. The van der Waals surface area contributed by atoms with Gasteiger partial charge in [0.1, 0.15) is 5.82 Å². The van der Waals surface area contributed by atoms with Gasteiger partial charge in [-0.25, -0.2) is 4.98 Å². The number of rotatable bonds is 1. The Morgan fingerprint density at radius 1 is 1.04 bits per heavy atom. The lowest BCUT2D eigenvalue weighted by Gasteiger charge is -2.22. The lowest BCUT2D eigenvalue weighted by molar-refractivity contribution is -0.121. The van der Waals surface area contributed by atoms with Crippen molar-refractivity contribution in [1.29, 1.82) is 0 Å². The van der Waals surface area contributed by atoms with E-state index < -0.39 is 0 Å². The minimum absolute atomic E-state index is 0.0602. The molecule has 0 saturated heterocycles. The van der Waals surface area contributed by atoms with Crippen LogP contribution in [0.5, 0.6) is 0 Å². The van der Waals surface area contributed by atoms with Crippen molar-refractivity contribution in [3.8, 4) is 0 Å². The highest BCUT2D eigenvalue weighted by molar-refractivity contribution is 5.96. The number of nitrogens with one attached hydrogen (secondary N) is 2. The second kappa shape index (κ2) is 8.94. The molecular formula is C19H23N5O2. The van der Waals surface area contributed by atoms with Gasteiger partial charge in [-0.05, 0) is 43.5 Å². The van der Waals surface area contributed by atoms with Crippen molar-refractivity contribution in [3.63, 3.8) is 0 Å². The molecular weight excluding hydrogens is 330 g/mol. The molecule has 2 amide bonds. The number of carbonyl (C=O) groups excluding carboxylic acids is 2. The van der Waals surface area contributed by atoms with Crippen molar-refractivity contribution in [2.24, 2.45) is 0 Å². The molecule has 0 radical (unpaired) electrons.